The van der Waals surface area contributed by atoms with Crippen LogP contribution in [0.15, 0.2) is 36.4 Å². The molecule has 5 heteroatoms. The van der Waals surface area contributed by atoms with Gasteiger partial charge in [-0.05, 0) is 48.7 Å². The van der Waals surface area contributed by atoms with Crippen molar-refractivity contribution >= 4 is 17.3 Å². The lowest BCUT2D eigenvalue weighted by molar-refractivity contribution is -0.119. The molecule has 2 aromatic rings. The van der Waals surface area contributed by atoms with Crippen LogP contribution < -0.4 is 11.1 Å². The fraction of sp³-hybridized carbons (Fsp3) is 0.235. The van der Waals surface area contributed by atoms with E-state index >= 15 is 0 Å². The summed E-state index contributed by atoms with van der Waals surface area (Å²) in [5.74, 6) is -0.811. The summed E-state index contributed by atoms with van der Waals surface area (Å²) in [6.45, 7) is 3.73. The molecule has 2 rings (SSSR count). The second-order valence-electron chi connectivity index (χ2n) is 5.51. The van der Waals surface area contributed by atoms with Gasteiger partial charge in [-0.25, -0.2) is 0 Å². The fourth-order valence-electron chi connectivity index (χ4n) is 2.19. The lowest BCUT2D eigenvalue weighted by atomic mass is 9.99. The minimum atomic E-state index is -0.301. The molecule has 5 nitrogen and oxygen atoms in total. The van der Waals surface area contributed by atoms with Crippen LogP contribution in [0.4, 0.5) is 11.4 Å². The van der Waals surface area contributed by atoms with Gasteiger partial charge in [0.2, 0.25) is 5.91 Å². The summed E-state index contributed by atoms with van der Waals surface area (Å²) in [6, 6.07) is 10.0. The highest BCUT2D eigenvalue weighted by molar-refractivity contribution is 5.95. The predicted molar refractivity (Wildman–Crippen MR) is 86.9 cm³/mol. The van der Waals surface area contributed by atoms with Crippen LogP contribution >= 0.6 is 0 Å². The first-order valence-corrected chi connectivity index (χ1v) is 7.04. The van der Waals surface area contributed by atoms with Crippen molar-refractivity contribution in [3.63, 3.8) is 0 Å². The molecule has 1 amide bonds. The van der Waals surface area contributed by atoms with Crippen molar-refractivity contribution < 1.29 is 15.0 Å². The molecule has 0 aliphatic rings. The van der Waals surface area contributed by atoms with E-state index in [1.54, 1.807) is 25.1 Å². The number of rotatable bonds is 4. The van der Waals surface area contributed by atoms with Gasteiger partial charge in [-0.15, -0.1) is 0 Å². The molecular weight excluding hydrogens is 280 g/mol. The van der Waals surface area contributed by atoms with Crippen molar-refractivity contribution in [3.05, 3.63) is 47.5 Å². The molecule has 0 radical (unpaired) electrons. The van der Waals surface area contributed by atoms with Crippen LogP contribution in [-0.4, -0.2) is 16.1 Å². The highest BCUT2D eigenvalue weighted by atomic mass is 16.3. The van der Waals surface area contributed by atoms with Crippen LogP contribution in [0.25, 0.3) is 0 Å². The molecule has 0 heterocycles. The van der Waals surface area contributed by atoms with Crippen LogP contribution in [-0.2, 0) is 11.2 Å². The number of carbonyl (C=O) groups excluding carboxylic acids is 1. The van der Waals surface area contributed by atoms with Gasteiger partial charge in [-0.2, -0.15) is 0 Å². The van der Waals surface area contributed by atoms with E-state index in [1.807, 2.05) is 13.0 Å². The number of anilines is 2. The predicted octanol–water partition coefficient (Wildman–Crippen LogP) is 2.81. The van der Waals surface area contributed by atoms with Gasteiger partial charge in [0.15, 0.2) is 11.5 Å². The minimum absolute atomic E-state index is 0.150. The average Bonchev–Trinajstić information content (AvgIpc) is 2.45. The zero-order valence-corrected chi connectivity index (χ0v) is 12.6. The first-order chi connectivity index (χ1) is 10.4. The van der Waals surface area contributed by atoms with E-state index in [1.165, 1.54) is 12.1 Å². The molecule has 0 aliphatic heterocycles. The van der Waals surface area contributed by atoms with Crippen molar-refractivity contribution in [2.45, 2.75) is 20.3 Å². The van der Waals surface area contributed by atoms with E-state index in [2.05, 4.69) is 5.32 Å². The van der Waals surface area contributed by atoms with Crippen molar-refractivity contribution in [2.75, 3.05) is 11.1 Å². The Hall–Kier alpha value is -2.69. The monoisotopic (exact) mass is 300 g/mol. The summed E-state index contributed by atoms with van der Waals surface area (Å²) in [4.78, 5) is 12.2. The highest BCUT2D eigenvalue weighted by Gasteiger charge is 2.15. The van der Waals surface area contributed by atoms with E-state index in [0.717, 1.165) is 11.1 Å². The van der Waals surface area contributed by atoms with Gasteiger partial charge in [0.1, 0.15) is 0 Å². The van der Waals surface area contributed by atoms with E-state index in [4.69, 9.17) is 5.73 Å². The quantitative estimate of drug-likeness (QED) is 0.516. The molecule has 0 spiro atoms. The summed E-state index contributed by atoms with van der Waals surface area (Å²) >= 11 is 0. The second kappa shape index (κ2) is 6.39. The number of phenols is 2. The van der Waals surface area contributed by atoms with Crippen LogP contribution in [0.2, 0.25) is 0 Å². The zero-order valence-electron chi connectivity index (χ0n) is 12.6. The van der Waals surface area contributed by atoms with Crippen molar-refractivity contribution in [1.82, 2.24) is 0 Å². The molecular formula is C17H20N2O3. The third kappa shape index (κ3) is 3.69. The van der Waals surface area contributed by atoms with Crippen molar-refractivity contribution in [1.29, 1.82) is 0 Å². The Morgan fingerprint density at radius 3 is 2.55 bits per heavy atom. The third-order valence-electron chi connectivity index (χ3n) is 3.49. The first kappa shape index (κ1) is 15.7. The largest absolute Gasteiger partial charge is 0.504 e. The molecule has 1 unspecified atom stereocenters. The molecule has 116 valence electrons. The van der Waals surface area contributed by atoms with E-state index in [9.17, 15) is 15.0 Å². The van der Waals surface area contributed by atoms with Crippen LogP contribution in [0.5, 0.6) is 11.5 Å². The number of phenolic OH excluding ortho intramolecular Hbond substituents is 2. The summed E-state index contributed by atoms with van der Waals surface area (Å²) in [7, 11) is 0. The Balaban J connectivity index is 2.04. The molecule has 22 heavy (non-hydrogen) atoms. The number of aromatic hydroxyl groups is 2. The van der Waals surface area contributed by atoms with E-state index < -0.39 is 0 Å². The molecule has 1 atom stereocenters. The molecule has 0 fully saturated rings. The lowest BCUT2D eigenvalue weighted by Crippen LogP contribution is -2.22. The van der Waals surface area contributed by atoms with Gasteiger partial charge in [0, 0.05) is 5.92 Å². The van der Waals surface area contributed by atoms with Gasteiger partial charge in [-0.3, -0.25) is 4.79 Å². The van der Waals surface area contributed by atoms with Gasteiger partial charge < -0.3 is 21.3 Å². The maximum atomic E-state index is 12.2. The average molecular weight is 300 g/mol. The zero-order chi connectivity index (χ0) is 16.3. The van der Waals surface area contributed by atoms with Crippen molar-refractivity contribution in [2.24, 2.45) is 5.92 Å². The second-order valence-corrected chi connectivity index (χ2v) is 5.51. The highest BCUT2D eigenvalue weighted by Crippen LogP contribution is 2.26. The minimum Gasteiger partial charge on any atom is -0.504 e. The molecule has 0 aromatic heterocycles. The Labute approximate surface area is 129 Å². The van der Waals surface area contributed by atoms with Gasteiger partial charge >= 0.3 is 0 Å². The molecule has 5 N–H and O–H groups in total. The van der Waals surface area contributed by atoms with E-state index in [0.29, 0.717) is 17.8 Å². The van der Waals surface area contributed by atoms with Crippen LogP contribution in [0.3, 0.4) is 0 Å². The number of nitrogens with one attached hydrogen (secondary N) is 1. The Kier molecular flexibility index (Phi) is 4.56. The third-order valence-corrected chi connectivity index (χ3v) is 3.49. The normalized spacial score (nSPS) is 11.9. The molecule has 0 saturated carbocycles. The smallest absolute Gasteiger partial charge is 0.227 e. The number of nitrogens with two attached hydrogens (primary N) is 1. The van der Waals surface area contributed by atoms with Crippen LogP contribution in [0, 0.1) is 12.8 Å². The Morgan fingerprint density at radius 1 is 1.18 bits per heavy atom. The van der Waals surface area contributed by atoms with E-state index in [-0.39, 0.29) is 23.3 Å². The molecule has 0 saturated heterocycles. The van der Waals surface area contributed by atoms with Crippen molar-refractivity contribution in [3.8, 4) is 11.5 Å². The van der Waals surface area contributed by atoms with Gasteiger partial charge in [-0.1, -0.05) is 19.1 Å². The number of aryl methyl sites for hydroxylation is 1. The Morgan fingerprint density at radius 2 is 1.91 bits per heavy atom. The number of benzene rings is 2. The first-order valence-electron chi connectivity index (χ1n) is 7.04. The molecule has 0 bridgehead atoms. The van der Waals surface area contributed by atoms with Crippen LogP contribution in [0.1, 0.15) is 18.1 Å². The number of carbonyl (C=O) groups is 1. The maximum absolute atomic E-state index is 12.2. The molecule has 2 aromatic carbocycles. The fourth-order valence-corrected chi connectivity index (χ4v) is 2.19. The Bertz CT molecular complexity index is 698. The van der Waals surface area contributed by atoms with Gasteiger partial charge in [0.05, 0.1) is 11.4 Å². The SMILES string of the molecule is Cc1ccc(NC(=O)C(C)Cc2ccc(O)c(O)c2)c(N)c1. The number of amides is 1. The summed E-state index contributed by atoms with van der Waals surface area (Å²) < 4.78 is 0. The number of hydrogen-bond donors (Lipinski definition) is 4. The number of nitrogen functional groups attached to an aromatic ring is 1. The summed E-state index contributed by atoms with van der Waals surface area (Å²) in [5.41, 5.74) is 8.81. The lowest BCUT2D eigenvalue weighted by Gasteiger charge is -2.14. The summed E-state index contributed by atoms with van der Waals surface area (Å²) in [6.07, 6.45) is 0.450. The number of hydrogen-bond acceptors (Lipinski definition) is 4. The maximum Gasteiger partial charge on any atom is 0.227 e. The summed E-state index contributed by atoms with van der Waals surface area (Å²) in [5, 5.41) is 21.6. The topological polar surface area (TPSA) is 95.6 Å². The van der Waals surface area contributed by atoms with Gasteiger partial charge in [0.25, 0.3) is 0 Å². The molecule has 0 aliphatic carbocycles. The standard InChI is InChI=1S/C17H20N2O3/c1-10-3-5-14(13(18)7-10)19-17(22)11(2)8-12-4-6-15(20)16(21)9-12/h3-7,9,11,20-21H,8,18H2,1-2H3,(H,19,22).